The molecule has 3 aromatic rings. The molecule has 0 atom stereocenters. The fraction of sp³-hybridized carbons (Fsp3) is 0.435. The van der Waals surface area contributed by atoms with E-state index in [0.717, 1.165) is 29.4 Å². The van der Waals surface area contributed by atoms with E-state index in [1.54, 1.807) is 18.3 Å². The Bertz CT molecular complexity index is 1060. The van der Waals surface area contributed by atoms with Gasteiger partial charge in [0, 0.05) is 41.3 Å². The molecule has 2 N–H and O–H groups in total. The molecular weight excluding hydrogens is 398 g/mol. The molecule has 158 valence electrons. The van der Waals surface area contributed by atoms with Gasteiger partial charge in [0.2, 0.25) is 0 Å². The first-order chi connectivity index (χ1) is 14.0. The largest absolute Gasteiger partial charge is 0.507 e. The SMILES string of the molecule is CN(c1ccc(-c2cc3cc(Cl)ncc3cc2O)nn1)C1CC(C)(C)NC(C)(C)C1. The topological polar surface area (TPSA) is 74.2 Å². The second kappa shape index (κ2) is 7.36. The minimum Gasteiger partial charge on any atom is -0.507 e. The summed E-state index contributed by atoms with van der Waals surface area (Å²) in [6.45, 7) is 8.98. The highest BCUT2D eigenvalue weighted by Gasteiger charge is 2.39. The molecule has 0 unspecified atom stereocenters. The van der Waals surface area contributed by atoms with Gasteiger partial charge in [-0.2, -0.15) is 0 Å². The van der Waals surface area contributed by atoms with E-state index in [9.17, 15) is 5.11 Å². The Morgan fingerprint density at radius 1 is 1.03 bits per heavy atom. The lowest BCUT2D eigenvalue weighted by atomic mass is 9.79. The molecule has 2 aromatic heterocycles. The number of anilines is 1. The zero-order chi connectivity index (χ0) is 21.7. The first-order valence-electron chi connectivity index (χ1n) is 10.2. The Labute approximate surface area is 182 Å². The van der Waals surface area contributed by atoms with E-state index in [4.69, 9.17) is 11.6 Å². The number of fused-ring (bicyclic) bond motifs is 1. The monoisotopic (exact) mass is 425 g/mol. The molecule has 1 aliphatic rings. The normalized spacial score (nSPS) is 18.5. The van der Waals surface area contributed by atoms with E-state index >= 15 is 0 Å². The lowest BCUT2D eigenvalue weighted by Gasteiger charge is -2.49. The number of nitrogens with zero attached hydrogens (tertiary/aromatic N) is 4. The predicted octanol–water partition coefficient (Wildman–Crippen LogP) is 4.80. The zero-order valence-corrected chi connectivity index (χ0v) is 18.8. The molecule has 30 heavy (non-hydrogen) atoms. The van der Waals surface area contributed by atoms with Crippen molar-refractivity contribution in [3.8, 4) is 17.0 Å². The van der Waals surface area contributed by atoms with E-state index in [1.165, 1.54) is 0 Å². The number of piperidine rings is 1. The number of phenolic OH excluding ortho intramolecular Hbond substituents is 1. The van der Waals surface area contributed by atoms with Gasteiger partial charge in [-0.05, 0) is 76.3 Å². The Hall–Kier alpha value is -2.44. The van der Waals surface area contributed by atoms with Gasteiger partial charge < -0.3 is 15.3 Å². The van der Waals surface area contributed by atoms with Crippen molar-refractivity contribution in [2.24, 2.45) is 0 Å². The standard InChI is InChI=1S/C23H28ClN5O/c1-22(2)11-16(12-23(3,4)28-22)29(5)21-7-6-18(26-27-21)17-8-14-10-20(24)25-13-15(14)9-19(17)30/h6-10,13,16,28,30H,11-12H2,1-5H3. The lowest BCUT2D eigenvalue weighted by molar-refractivity contribution is 0.160. The van der Waals surface area contributed by atoms with Crippen molar-refractivity contribution in [1.29, 1.82) is 0 Å². The summed E-state index contributed by atoms with van der Waals surface area (Å²) >= 11 is 6.01. The van der Waals surface area contributed by atoms with Gasteiger partial charge in [-0.3, -0.25) is 0 Å². The Morgan fingerprint density at radius 2 is 1.73 bits per heavy atom. The molecule has 4 rings (SSSR count). The van der Waals surface area contributed by atoms with Crippen LogP contribution in [0.3, 0.4) is 0 Å². The predicted molar refractivity (Wildman–Crippen MR) is 122 cm³/mol. The van der Waals surface area contributed by atoms with Crippen LogP contribution in [0.5, 0.6) is 5.75 Å². The number of hydrogen-bond acceptors (Lipinski definition) is 6. The molecular formula is C23H28ClN5O. The second-order valence-corrected chi connectivity index (χ2v) is 9.95. The molecule has 1 fully saturated rings. The third-order valence-electron chi connectivity index (χ3n) is 5.81. The number of pyridine rings is 1. The van der Waals surface area contributed by atoms with Crippen molar-refractivity contribution >= 4 is 28.2 Å². The van der Waals surface area contributed by atoms with Gasteiger partial charge in [-0.1, -0.05) is 11.6 Å². The number of hydrogen-bond donors (Lipinski definition) is 2. The lowest BCUT2D eigenvalue weighted by Crippen LogP contribution is -2.62. The fourth-order valence-electron chi connectivity index (χ4n) is 4.75. The highest BCUT2D eigenvalue weighted by molar-refractivity contribution is 6.30. The van der Waals surface area contributed by atoms with Crippen LogP contribution in [0.2, 0.25) is 5.15 Å². The highest BCUT2D eigenvalue weighted by Crippen LogP contribution is 2.35. The molecule has 1 saturated heterocycles. The summed E-state index contributed by atoms with van der Waals surface area (Å²) in [6.07, 6.45) is 3.69. The van der Waals surface area contributed by atoms with E-state index in [1.807, 2.05) is 18.2 Å². The van der Waals surface area contributed by atoms with Gasteiger partial charge in [0.15, 0.2) is 5.82 Å². The summed E-state index contributed by atoms with van der Waals surface area (Å²) in [6, 6.07) is 9.54. The van der Waals surface area contributed by atoms with Crippen LogP contribution < -0.4 is 10.2 Å². The minimum atomic E-state index is 0.0566. The summed E-state index contributed by atoms with van der Waals surface area (Å²) in [5.74, 6) is 0.966. The molecule has 7 heteroatoms. The fourth-order valence-corrected chi connectivity index (χ4v) is 4.91. The van der Waals surface area contributed by atoms with Gasteiger partial charge in [0.1, 0.15) is 10.9 Å². The number of benzene rings is 1. The molecule has 0 aliphatic carbocycles. The van der Waals surface area contributed by atoms with Crippen LogP contribution in [0.1, 0.15) is 40.5 Å². The molecule has 6 nitrogen and oxygen atoms in total. The second-order valence-electron chi connectivity index (χ2n) is 9.57. The van der Waals surface area contributed by atoms with Crippen LogP contribution in [0.4, 0.5) is 5.82 Å². The van der Waals surface area contributed by atoms with Crippen molar-refractivity contribution < 1.29 is 5.11 Å². The summed E-state index contributed by atoms with van der Waals surface area (Å²) in [7, 11) is 2.08. The summed E-state index contributed by atoms with van der Waals surface area (Å²) in [5.41, 5.74) is 1.35. The van der Waals surface area contributed by atoms with Crippen LogP contribution in [-0.2, 0) is 0 Å². The van der Waals surface area contributed by atoms with Crippen LogP contribution in [-0.4, -0.2) is 44.5 Å². The van der Waals surface area contributed by atoms with Crippen LogP contribution in [0.25, 0.3) is 22.0 Å². The van der Waals surface area contributed by atoms with Gasteiger partial charge in [0.05, 0.1) is 5.69 Å². The Morgan fingerprint density at radius 3 is 2.37 bits per heavy atom. The van der Waals surface area contributed by atoms with Gasteiger partial charge in [-0.15, -0.1) is 10.2 Å². The summed E-state index contributed by atoms with van der Waals surface area (Å²) in [4.78, 5) is 6.28. The average Bonchev–Trinajstić information content (AvgIpc) is 2.65. The van der Waals surface area contributed by atoms with E-state index in [-0.39, 0.29) is 16.8 Å². The van der Waals surface area contributed by atoms with E-state index < -0.39 is 0 Å². The van der Waals surface area contributed by atoms with Crippen molar-refractivity contribution in [2.45, 2.75) is 57.7 Å². The van der Waals surface area contributed by atoms with Crippen LogP contribution >= 0.6 is 11.6 Å². The summed E-state index contributed by atoms with van der Waals surface area (Å²) < 4.78 is 0. The number of aromatic nitrogens is 3. The molecule has 0 radical (unpaired) electrons. The van der Waals surface area contributed by atoms with Gasteiger partial charge in [-0.25, -0.2) is 4.98 Å². The van der Waals surface area contributed by atoms with E-state index in [2.05, 4.69) is 60.1 Å². The third kappa shape index (κ3) is 4.20. The van der Waals surface area contributed by atoms with Gasteiger partial charge >= 0.3 is 0 Å². The van der Waals surface area contributed by atoms with Crippen molar-refractivity contribution in [1.82, 2.24) is 20.5 Å². The van der Waals surface area contributed by atoms with Crippen molar-refractivity contribution in [2.75, 3.05) is 11.9 Å². The Balaban J connectivity index is 1.61. The highest BCUT2D eigenvalue weighted by atomic mass is 35.5. The Kier molecular flexibility index (Phi) is 5.11. The molecule has 0 amide bonds. The van der Waals surface area contributed by atoms with Crippen molar-refractivity contribution in [3.63, 3.8) is 0 Å². The first kappa shape index (κ1) is 20.8. The van der Waals surface area contributed by atoms with E-state index in [0.29, 0.717) is 22.5 Å². The van der Waals surface area contributed by atoms with Gasteiger partial charge in [0.25, 0.3) is 0 Å². The molecule has 0 saturated carbocycles. The summed E-state index contributed by atoms with van der Waals surface area (Å²) in [5, 5.41) is 25.2. The average molecular weight is 426 g/mol. The molecule has 3 heterocycles. The molecule has 1 aromatic carbocycles. The number of aromatic hydroxyl groups is 1. The maximum Gasteiger partial charge on any atom is 0.151 e. The molecule has 0 spiro atoms. The third-order valence-corrected chi connectivity index (χ3v) is 6.01. The van der Waals surface area contributed by atoms with Crippen LogP contribution in [0, 0.1) is 0 Å². The maximum atomic E-state index is 10.5. The zero-order valence-electron chi connectivity index (χ0n) is 18.1. The van der Waals surface area contributed by atoms with Crippen molar-refractivity contribution in [3.05, 3.63) is 41.7 Å². The number of rotatable bonds is 3. The number of nitrogens with one attached hydrogen (secondary N) is 1. The molecule has 1 aliphatic heterocycles. The smallest absolute Gasteiger partial charge is 0.151 e. The van der Waals surface area contributed by atoms with Crippen LogP contribution in [0.15, 0.2) is 36.5 Å². The quantitative estimate of drug-likeness (QED) is 0.587. The number of phenols is 1. The first-order valence-corrected chi connectivity index (χ1v) is 10.6. The molecule has 0 bridgehead atoms. The minimum absolute atomic E-state index is 0.0566. The maximum absolute atomic E-state index is 10.5. The number of halogens is 1.